The van der Waals surface area contributed by atoms with Gasteiger partial charge in [0.15, 0.2) is 0 Å². The van der Waals surface area contributed by atoms with E-state index in [9.17, 15) is 0 Å². The van der Waals surface area contributed by atoms with E-state index in [2.05, 4.69) is 0 Å². The second kappa shape index (κ2) is 9.61. The van der Waals surface area contributed by atoms with Gasteiger partial charge in [-0.25, -0.2) is 0 Å². The predicted molar refractivity (Wildman–Crippen MR) is 21.8 cm³/mol. The van der Waals surface area contributed by atoms with Gasteiger partial charge in [0.2, 0.25) is 0 Å². The van der Waals surface area contributed by atoms with Crippen molar-refractivity contribution < 1.29 is 44.3 Å². The van der Waals surface area contributed by atoms with Crippen molar-refractivity contribution in [2.75, 3.05) is 0 Å². The number of rotatable bonds is 0. The quantitative estimate of drug-likeness (QED) is 0.284. The minimum absolute atomic E-state index is 0. The van der Waals surface area contributed by atoms with Gasteiger partial charge in [-0.3, -0.25) is 9.11 Å². The van der Waals surface area contributed by atoms with Crippen LogP contribution >= 0.6 is 12.4 Å². The predicted octanol–water partition coefficient (Wildman–Crippen LogP) is -2.78. The Morgan fingerprint density at radius 2 is 1.50 bits per heavy atom. The fraction of sp³-hybridized carbons (Fsp3) is 0. The van der Waals surface area contributed by atoms with Crippen LogP contribution in [-0.4, -0.2) is 13.3 Å². The van der Waals surface area contributed by atoms with Gasteiger partial charge in [0.25, 0.3) is 11.4 Å². The van der Waals surface area contributed by atoms with Crippen LogP contribution in [0.5, 0.6) is 0 Å². The Morgan fingerprint density at radius 3 is 1.50 bits per heavy atom. The molecule has 0 fully saturated rings. The summed E-state index contributed by atoms with van der Waals surface area (Å²) in [6.07, 6.45) is 0. The summed E-state index contributed by atoms with van der Waals surface area (Å²) in [4.78, 5) is 0. The normalized spacial score (nSPS) is 5.83. The topological polar surface area (TPSA) is 57.5 Å². The molecule has 0 bridgehead atoms. The maximum absolute atomic E-state index is 8.67. The minimum atomic E-state index is -2.61. The van der Waals surface area contributed by atoms with Crippen molar-refractivity contribution in [3.63, 3.8) is 0 Å². The molecule has 0 rings (SSSR count). The molecule has 0 saturated heterocycles. The van der Waals surface area contributed by atoms with Crippen molar-refractivity contribution in [2.24, 2.45) is 0 Å². The molecular formula is H4ClNaO3S. The molecule has 0 atom stereocenters. The van der Waals surface area contributed by atoms with Crippen molar-refractivity contribution in [3.8, 4) is 0 Å². The SMILES string of the molecule is Cl.O=S(O)O.[H-].[Na+]. The average molecular weight is 143 g/mol. The molecular weight excluding hydrogens is 139 g/mol. The smallest absolute Gasteiger partial charge is 1.00 e. The van der Waals surface area contributed by atoms with Crippen LogP contribution in [0.25, 0.3) is 0 Å². The molecule has 0 radical (unpaired) electrons. The summed E-state index contributed by atoms with van der Waals surface area (Å²) in [5.41, 5.74) is 0. The minimum Gasteiger partial charge on any atom is -1.00 e. The largest absolute Gasteiger partial charge is 1.00 e. The Bertz CT molecular complexity index is 37.9. The first-order valence-corrected chi connectivity index (χ1v) is 1.60. The van der Waals surface area contributed by atoms with Gasteiger partial charge < -0.3 is 1.43 Å². The Balaban J connectivity index is -0.0000000150. The van der Waals surface area contributed by atoms with E-state index in [1.807, 2.05) is 0 Å². The summed E-state index contributed by atoms with van der Waals surface area (Å²) in [6.45, 7) is 0. The van der Waals surface area contributed by atoms with Gasteiger partial charge in [-0.15, -0.1) is 12.4 Å². The van der Waals surface area contributed by atoms with Crippen molar-refractivity contribution in [1.29, 1.82) is 0 Å². The molecule has 36 valence electrons. The number of halogens is 1. The summed E-state index contributed by atoms with van der Waals surface area (Å²) in [7, 11) is 0. The van der Waals surface area contributed by atoms with E-state index >= 15 is 0 Å². The van der Waals surface area contributed by atoms with Gasteiger partial charge in [0.1, 0.15) is 0 Å². The van der Waals surface area contributed by atoms with Gasteiger partial charge in [-0.1, -0.05) is 0 Å². The molecule has 0 aromatic heterocycles. The summed E-state index contributed by atoms with van der Waals surface area (Å²) in [5, 5.41) is 0. The molecule has 0 aromatic carbocycles. The van der Waals surface area contributed by atoms with E-state index in [4.69, 9.17) is 13.3 Å². The Labute approximate surface area is 67.8 Å². The van der Waals surface area contributed by atoms with E-state index in [1.165, 1.54) is 0 Å². The van der Waals surface area contributed by atoms with Crippen LogP contribution in [0.15, 0.2) is 0 Å². The van der Waals surface area contributed by atoms with Crippen molar-refractivity contribution in [2.45, 2.75) is 0 Å². The van der Waals surface area contributed by atoms with Crippen molar-refractivity contribution in [1.82, 2.24) is 0 Å². The zero-order valence-corrected chi connectivity index (χ0v) is 6.75. The van der Waals surface area contributed by atoms with E-state index in [0.717, 1.165) is 0 Å². The van der Waals surface area contributed by atoms with Crippen LogP contribution in [0.4, 0.5) is 0 Å². The summed E-state index contributed by atoms with van der Waals surface area (Å²) >= 11 is -2.61. The van der Waals surface area contributed by atoms with E-state index < -0.39 is 11.4 Å². The van der Waals surface area contributed by atoms with E-state index in [1.54, 1.807) is 0 Å². The molecule has 0 saturated carbocycles. The van der Waals surface area contributed by atoms with E-state index in [0.29, 0.717) is 0 Å². The maximum atomic E-state index is 8.67. The third kappa shape index (κ3) is 55.1. The first-order valence-electron chi connectivity index (χ1n) is 0.532. The first kappa shape index (κ1) is 15.7. The Morgan fingerprint density at radius 1 is 1.50 bits per heavy atom. The Kier molecular flexibility index (Phi) is 25.1. The zero-order chi connectivity index (χ0) is 3.58. The maximum Gasteiger partial charge on any atom is 1.00 e. The Hall–Kier alpha value is 1.36. The standard InChI is InChI=1S/ClH.Na.H2O3S.H/c;;1-4(2)3;/h1H;;(H2,1,2,3);/q;+1;;-1. The molecule has 0 unspecified atom stereocenters. The van der Waals surface area contributed by atoms with Gasteiger partial charge in [-0.2, -0.15) is 4.21 Å². The molecule has 0 aromatic rings. The van der Waals surface area contributed by atoms with Gasteiger partial charge in [-0.05, 0) is 0 Å². The van der Waals surface area contributed by atoms with Crippen LogP contribution in [0.1, 0.15) is 1.43 Å². The third-order valence-electron chi connectivity index (χ3n) is 0. The van der Waals surface area contributed by atoms with Gasteiger partial charge in [0, 0.05) is 0 Å². The monoisotopic (exact) mass is 142 g/mol. The number of hydrogen-bond donors (Lipinski definition) is 2. The second-order valence-electron chi connectivity index (χ2n) is 0.231. The fourth-order valence-corrected chi connectivity index (χ4v) is 0. The van der Waals surface area contributed by atoms with Crippen molar-refractivity contribution >= 4 is 23.8 Å². The van der Waals surface area contributed by atoms with Crippen molar-refractivity contribution in [3.05, 3.63) is 0 Å². The molecule has 0 aliphatic rings. The van der Waals surface area contributed by atoms with Crippen LogP contribution < -0.4 is 29.6 Å². The van der Waals surface area contributed by atoms with E-state index in [-0.39, 0.29) is 43.4 Å². The van der Waals surface area contributed by atoms with Crippen LogP contribution in [0.2, 0.25) is 0 Å². The molecule has 3 nitrogen and oxygen atoms in total. The molecule has 0 aliphatic heterocycles. The molecule has 6 heteroatoms. The third-order valence-corrected chi connectivity index (χ3v) is 0. The zero-order valence-electron chi connectivity index (χ0n) is 4.12. The average Bonchev–Trinajstić information content (AvgIpc) is 0.811. The molecule has 0 spiro atoms. The van der Waals surface area contributed by atoms with Crippen LogP contribution in [-0.2, 0) is 11.4 Å². The summed E-state index contributed by atoms with van der Waals surface area (Å²) < 4.78 is 22.8. The molecule has 0 amide bonds. The molecule has 2 N–H and O–H groups in total. The van der Waals surface area contributed by atoms with Crippen LogP contribution in [0.3, 0.4) is 0 Å². The van der Waals surface area contributed by atoms with Gasteiger partial charge >= 0.3 is 29.6 Å². The number of hydrogen-bond acceptors (Lipinski definition) is 1. The fourth-order valence-electron chi connectivity index (χ4n) is 0. The summed E-state index contributed by atoms with van der Waals surface area (Å²) in [5.74, 6) is 0. The van der Waals surface area contributed by atoms with Gasteiger partial charge in [0.05, 0.1) is 0 Å². The van der Waals surface area contributed by atoms with Crippen LogP contribution in [0, 0.1) is 0 Å². The first-order chi connectivity index (χ1) is 1.73. The molecule has 6 heavy (non-hydrogen) atoms. The molecule has 0 aliphatic carbocycles. The summed E-state index contributed by atoms with van der Waals surface area (Å²) in [6, 6.07) is 0. The second-order valence-corrected chi connectivity index (χ2v) is 0.692. The molecule has 0 heterocycles.